The number of ether oxygens (including phenoxy) is 1. The van der Waals surface area contributed by atoms with Crippen molar-refractivity contribution < 1.29 is 9.53 Å². The highest BCUT2D eigenvalue weighted by Gasteiger charge is 2.19. The first-order valence-electron chi connectivity index (χ1n) is 6.36. The van der Waals surface area contributed by atoms with E-state index in [1.165, 1.54) is 0 Å². The van der Waals surface area contributed by atoms with E-state index in [2.05, 4.69) is 8.75 Å². The predicted molar refractivity (Wildman–Crippen MR) is 81.8 cm³/mol. The van der Waals surface area contributed by atoms with Gasteiger partial charge < -0.3 is 4.74 Å². The van der Waals surface area contributed by atoms with Crippen LogP contribution in [0.1, 0.15) is 16.1 Å². The van der Waals surface area contributed by atoms with Crippen LogP contribution in [-0.4, -0.2) is 21.6 Å². The zero-order valence-electron chi connectivity index (χ0n) is 11.3. The van der Waals surface area contributed by atoms with Crippen LogP contribution in [0.5, 0.6) is 5.75 Å². The van der Waals surface area contributed by atoms with Gasteiger partial charge in [-0.05, 0) is 24.3 Å². The number of carbonyl (C=O) groups excluding carboxylic acids is 1. The highest BCUT2D eigenvalue weighted by Crippen LogP contribution is 2.24. The molecule has 3 rings (SSSR count). The van der Waals surface area contributed by atoms with Crippen molar-refractivity contribution >= 4 is 17.5 Å². The lowest BCUT2D eigenvalue weighted by molar-refractivity contribution is 0.103. The summed E-state index contributed by atoms with van der Waals surface area (Å²) in [6, 6.07) is 16.6. The van der Waals surface area contributed by atoms with E-state index in [9.17, 15) is 4.79 Å². The Hall–Kier alpha value is -2.53. The monoisotopic (exact) mass is 296 g/mol. The second-order valence-corrected chi connectivity index (χ2v) is 4.91. The van der Waals surface area contributed by atoms with Gasteiger partial charge in [-0.1, -0.05) is 30.3 Å². The summed E-state index contributed by atoms with van der Waals surface area (Å²) in [6.07, 6.45) is 0. The van der Waals surface area contributed by atoms with Crippen LogP contribution >= 0.6 is 11.7 Å². The first kappa shape index (κ1) is 13.5. The summed E-state index contributed by atoms with van der Waals surface area (Å²) in [6.45, 7) is 0. The third-order valence-electron chi connectivity index (χ3n) is 3.10. The topological polar surface area (TPSA) is 52.1 Å². The maximum Gasteiger partial charge on any atom is 0.214 e. The molecule has 5 heteroatoms. The van der Waals surface area contributed by atoms with Crippen LogP contribution in [0.3, 0.4) is 0 Å². The molecule has 3 aromatic rings. The van der Waals surface area contributed by atoms with Gasteiger partial charge in [-0.3, -0.25) is 4.79 Å². The Balaban J connectivity index is 1.97. The molecule has 0 saturated heterocycles. The molecule has 4 nitrogen and oxygen atoms in total. The minimum absolute atomic E-state index is 0.134. The number of benzene rings is 2. The number of aromatic nitrogens is 2. The fourth-order valence-electron chi connectivity index (χ4n) is 2.00. The zero-order valence-corrected chi connectivity index (χ0v) is 12.1. The average Bonchev–Trinajstić information content (AvgIpc) is 3.04. The van der Waals surface area contributed by atoms with Crippen LogP contribution in [0, 0.1) is 0 Å². The van der Waals surface area contributed by atoms with Crippen molar-refractivity contribution in [3.63, 3.8) is 0 Å². The first-order valence-corrected chi connectivity index (χ1v) is 7.09. The van der Waals surface area contributed by atoms with Gasteiger partial charge in [0.1, 0.15) is 11.4 Å². The lowest BCUT2D eigenvalue weighted by Gasteiger charge is -2.03. The summed E-state index contributed by atoms with van der Waals surface area (Å²) >= 11 is 1.05. The Morgan fingerprint density at radius 1 is 1.00 bits per heavy atom. The number of methoxy groups -OCH3 is 1. The van der Waals surface area contributed by atoms with Crippen molar-refractivity contribution in [1.82, 2.24) is 8.75 Å². The van der Waals surface area contributed by atoms with Gasteiger partial charge in [0, 0.05) is 11.1 Å². The third kappa shape index (κ3) is 2.68. The van der Waals surface area contributed by atoms with Crippen molar-refractivity contribution in [2.24, 2.45) is 0 Å². The molecule has 2 aromatic carbocycles. The number of rotatable bonds is 4. The molecular weight excluding hydrogens is 284 g/mol. The molecule has 0 spiro atoms. The number of hydrogen-bond acceptors (Lipinski definition) is 5. The molecule has 0 atom stereocenters. The second-order valence-electron chi connectivity index (χ2n) is 4.39. The Morgan fingerprint density at radius 2 is 1.71 bits per heavy atom. The molecule has 0 fully saturated rings. The molecule has 0 amide bonds. The molecule has 0 radical (unpaired) electrons. The summed E-state index contributed by atoms with van der Waals surface area (Å²) in [7, 11) is 1.59. The van der Waals surface area contributed by atoms with Gasteiger partial charge in [0.2, 0.25) is 5.78 Å². The van der Waals surface area contributed by atoms with Crippen LogP contribution in [0.25, 0.3) is 11.3 Å². The van der Waals surface area contributed by atoms with Crippen LogP contribution in [0.2, 0.25) is 0 Å². The van der Waals surface area contributed by atoms with E-state index < -0.39 is 0 Å². The van der Waals surface area contributed by atoms with E-state index in [1.54, 1.807) is 31.4 Å². The lowest BCUT2D eigenvalue weighted by Crippen LogP contribution is -2.03. The quantitative estimate of drug-likeness (QED) is 0.692. The Kier molecular flexibility index (Phi) is 3.75. The highest BCUT2D eigenvalue weighted by molar-refractivity contribution is 6.99. The largest absolute Gasteiger partial charge is 0.497 e. The fraction of sp³-hybridized carbons (Fsp3) is 0.0625. The molecule has 104 valence electrons. The normalized spacial score (nSPS) is 10.3. The molecule has 1 aromatic heterocycles. The van der Waals surface area contributed by atoms with Crippen molar-refractivity contribution in [3.05, 3.63) is 65.9 Å². The molecule has 0 saturated carbocycles. The van der Waals surface area contributed by atoms with Crippen LogP contribution < -0.4 is 4.74 Å². The molecule has 0 N–H and O–H groups in total. The van der Waals surface area contributed by atoms with Crippen molar-refractivity contribution in [2.45, 2.75) is 0 Å². The molecular formula is C16H12N2O2S. The Bertz CT molecular complexity index is 751. The van der Waals surface area contributed by atoms with E-state index in [1.807, 2.05) is 30.3 Å². The van der Waals surface area contributed by atoms with E-state index in [0.717, 1.165) is 17.3 Å². The van der Waals surface area contributed by atoms with E-state index in [-0.39, 0.29) is 5.78 Å². The molecule has 21 heavy (non-hydrogen) atoms. The number of hydrogen-bond donors (Lipinski definition) is 0. The second kappa shape index (κ2) is 5.85. The number of nitrogens with zero attached hydrogens (tertiary/aromatic N) is 2. The van der Waals surface area contributed by atoms with Crippen LogP contribution in [-0.2, 0) is 0 Å². The molecule has 0 aliphatic carbocycles. The van der Waals surface area contributed by atoms with E-state index in [4.69, 9.17) is 4.74 Å². The zero-order chi connectivity index (χ0) is 14.7. The minimum Gasteiger partial charge on any atom is -0.497 e. The standard InChI is InChI=1S/C16H12N2O2S/c1-20-13-9-7-12(8-10-13)16(19)15-14(17-21-18-15)11-5-3-2-4-6-11/h2-10H,1H3. The van der Waals surface area contributed by atoms with Crippen molar-refractivity contribution in [3.8, 4) is 17.0 Å². The Morgan fingerprint density at radius 3 is 2.38 bits per heavy atom. The van der Waals surface area contributed by atoms with Gasteiger partial charge >= 0.3 is 0 Å². The average molecular weight is 296 g/mol. The highest BCUT2D eigenvalue weighted by atomic mass is 32.1. The van der Waals surface area contributed by atoms with Gasteiger partial charge in [0.25, 0.3) is 0 Å². The summed E-state index contributed by atoms with van der Waals surface area (Å²) in [5.41, 5.74) is 2.47. The van der Waals surface area contributed by atoms with Gasteiger partial charge in [-0.2, -0.15) is 8.75 Å². The van der Waals surface area contributed by atoms with E-state index in [0.29, 0.717) is 22.7 Å². The summed E-state index contributed by atoms with van der Waals surface area (Å²) in [4.78, 5) is 12.6. The summed E-state index contributed by atoms with van der Waals surface area (Å²) in [5.74, 6) is 0.580. The molecule has 0 bridgehead atoms. The molecule has 1 heterocycles. The molecule has 0 aliphatic rings. The number of ketones is 1. The summed E-state index contributed by atoms with van der Waals surface area (Å²) in [5, 5.41) is 0. The maximum atomic E-state index is 12.6. The maximum absolute atomic E-state index is 12.6. The van der Waals surface area contributed by atoms with Gasteiger partial charge in [-0.25, -0.2) is 0 Å². The van der Waals surface area contributed by atoms with Gasteiger partial charge in [-0.15, -0.1) is 0 Å². The van der Waals surface area contributed by atoms with Crippen LogP contribution in [0.15, 0.2) is 54.6 Å². The Labute approximate surface area is 126 Å². The van der Waals surface area contributed by atoms with Gasteiger partial charge in [0.05, 0.1) is 18.8 Å². The van der Waals surface area contributed by atoms with Gasteiger partial charge in [0.15, 0.2) is 5.69 Å². The lowest BCUT2D eigenvalue weighted by atomic mass is 10.0. The van der Waals surface area contributed by atoms with Crippen LogP contribution in [0.4, 0.5) is 0 Å². The predicted octanol–water partition coefficient (Wildman–Crippen LogP) is 3.44. The van der Waals surface area contributed by atoms with Crippen molar-refractivity contribution in [1.29, 1.82) is 0 Å². The summed E-state index contributed by atoms with van der Waals surface area (Å²) < 4.78 is 13.5. The third-order valence-corrected chi connectivity index (χ3v) is 3.63. The van der Waals surface area contributed by atoms with E-state index >= 15 is 0 Å². The molecule has 0 unspecified atom stereocenters. The minimum atomic E-state index is -0.134. The first-order chi connectivity index (χ1) is 10.3. The smallest absolute Gasteiger partial charge is 0.214 e. The number of carbonyl (C=O) groups is 1. The molecule has 0 aliphatic heterocycles. The van der Waals surface area contributed by atoms with Crippen molar-refractivity contribution in [2.75, 3.05) is 7.11 Å². The SMILES string of the molecule is COc1ccc(C(=O)c2nsnc2-c2ccccc2)cc1. The fourth-order valence-corrected chi connectivity index (χ4v) is 2.57.